The van der Waals surface area contributed by atoms with E-state index in [0.717, 1.165) is 32.2 Å². The summed E-state index contributed by atoms with van der Waals surface area (Å²) in [7, 11) is -3.49. The molecule has 0 atom stereocenters. The first kappa shape index (κ1) is 13.8. The summed E-state index contributed by atoms with van der Waals surface area (Å²) in [5.74, 6) is 0.864. The first-order chi connectivity index (χ1) is 9.98. The number of aromatic nitrogens is 4. The average molecular weight is 308 g/mol. The molecule has 21 heavy (non-hydrogen) atoms. The third-order valence-electron chi connectivity index (χ3n) is 3.40. The highest BCUT2D eigenvalue weighted by atomic mass is 32.2. The van der Waals surface area contributed by atoms with Crippen LogP contribution in [0.2, 0.25) is 0 Å². The Morgan fingerprint density at radius 3 is 2.52 bits per heavy atom. The highest BCUT2D eigenvalue weighted by Gasteiger charge is 2.29. The van der Waals surface area contributed by atoms with Gasteiger partial charge in [0.2, 0.25) is 0 Å². The first-order valence-electron chi connectivity index (χ1n) is 6.58. The van der Waals surface area contributed by atoms with Crippen LogP contribution in [0.5, 0.6) is 0 Å². The van der Waals surface area contributed by atoms with Crippen molar-refractivity contribution in [2.24, 2.45) is 0 Å². The van der Waals surface area contributed by atoms with E-state index >= 15 is 0 Å². The molecule has 2 aromatic heterocycles. The van der Waals surface area contributed by atoms with E-state index in [1.165, 1.54) is 23.3 Å². The van der Waals surface area contributed by atoms with Crippen molar-refractivity contribution in [2.75, 3.05) is 30.0 Å². The smallest absolute Gasteiger partial charge is 0.182 e. The van der Waals surface area contributed by atoms with Gasteiger partial charge in [0.15, 0.2) is 26.4 Å². The summed E-state index contributed by atoms with van der Waals surface area (Å²) in [6.07, 6.45) is 7.69. The third-order valence-corrected chi connectivity index (χ3v) is 4.53. The number of hydrogen-bond donors (Lipinski definition) is 1. The van der Waals surface area contributed by atoms with Crippen LogP contribution in [-0.4, -0.2) is 47.5 Å². The number of hydrogen-bond acceptors (Lipinski definition) is 7. The molecule has 1 saturated heterocycles. The van der Waals surface area contributed by atoms with Gasteiger partial charge in [-0.25, -0.2) is 13.4 Å². The highest BCUT2D eigenvalue weighted by molar-refractivity contribution is 7.91. The predicted molar refractivity (Wildman–Crippen MR) is 78.1 cm³/mol. The van der Waals surface area contributed by atoms with Crippen molar-refractivity contribution < 1.29 is 8.42 Å². The molecule has 3 heterocycles. The summed E-state index contributed by atoms with van der Waals surface area (Å²) >= 11 is 0. The molecule has 0 spiro atoms. The van der Waals surface area contributed by atoms with Gasteiger partial charge >= 0.3 is 0 Å². The van der Waals surface area contributed by atoms with E-state index in [4.69, 9.17) is 5.73 Å². The van der Waals surface area contributed by atoms with E-state index in [9.17, 15) is 8.42 Å². The second-order valence-electron chi connectivity index (χ2n) is 4.98. The van der Waals surface area contributed by atoms with Gasteiger partial charge in [-0.15, -0.1) is 5.10 Å². The summed E-state index contributed by atoms with van der Waals surface area (Å²) in [5, 5.41) is 4.36. The number of rotatable bonds is 3. The van der Waals surface area contributed by atoms with Crippen molar-refractivity contribution in [2.45, 2.75) is 17.7 Å². The summed E-state index contributed by atoms with van der Waals surface area (Å²) in [6.45, 7) is 1.55. The van der Waals surface area contributed by atoms with E-state index in [1.807, 2.05) is 4.90 Å². The maximum Gasteiger partial charge on any atom is 0.182 e. The molecular weight excluding hydrogens is 292 g/mol. The topological polar surface area (TPSA) is 107 Å². The Morgan fingerprint density at radius 2 is 1.95 bits per heavy atom. The Hall–Kier alpha value is -2.16. The minimum atomic E-state index is -3.49. The highest BCUT2D eigenvalue weighted by Crippen LogP contribution is 2.33. The lowest BCUT2D eigenvalue weighted by molar-refractivity contribution is 0.602. The van der Waals surface area contributed by atoms with Crippen LogP contribution in [-0.2, 0) is 9.84 Å². The average Bonchev–Trinajstić information content (AvgIpc) is 3.05. The van der Waals surface area contributed by atoms with Gasteiger partial charge in [-0.1, -0.05) is 0 Å². The summed E-state index contributed by atoms with van der Waals surface area (Å²) in [6, 6.07) is 0. The molecule has 0 amide bonds. The van der Waals surface area contributed by atoms with Crippen LogP contribution in [0, 0.1) is 0 Å². The lowest BCUT2D eigenvalue weighted by Gasteiger charge is -2.15. The van der Waals surface area contributed by atoms with Crippen LogP contribution >= 0.6 is 0 Å². The fraction of sp³-hybridized carbons (Fsp3) is 0.417. The number of nitrogens with zero attached hydrogens (tertiary/aromatic N) is 5. The molecule has 0 aliphatic carbocycles. The molecule has 0 bridgehead atoms. The van der Waals surface area contributed by atoms with Crippen LogP contribution in [0.4, 0.5) is 11.6 Å². The molecule has 0 saturated carbocycles. The third kappa shape index (κ3) is 2.44. The normalized spacial score (nSPS) is 15.6. The standard InChI is InChI=1S/C12H16N6O2S/c1-21(19,20)10-11(13)18(9-8-14-4-5-15-9)16-12(10)17-6-2-3-7-17/h4-5,8H,2-3,6-7,13H2,1H3. The Bertz CT molecular complexity index is 750. The molecule has 1 aliphatic heterocycles. The van der Waals surface area contributed by atoms with Crippen LogP contribution in [0.1, 0.15) is 12.8 Å². The molecule has 2 N–H and O–H groups in total. The molecule has 2 aromatic rings. The van der Waals surface area contributed by atoms with Crippen LogP contribution in [0.25, 0.3) is 5.82 Å². The fourth-order valence-electron chi connectivity index (χ4n) is 2.47. The number of nitrogen functional groups attached to an aromatic ring is 1. The SMILES string of the molecule is CS(=O)(=O)c1c(N2CCCC2)nn(-c2cnccn2)c1N. The summed E-state index contributed by atoms with van der Waals surface area (Å²) in [5.41, 5.74) is 6.02. The van der Waals surface area contributed by atoms with Gasteiger partial charge in [-0.3, -0.25) is 4.98 Å². The molecule has 3 rings (SSSR count). The van der Waals surface area contributed by atoms with E-state index in [0.29, 0.717) is 11.6 Å². The van der Waals surface area contributed by atoms with Crippen LogP contribution in [0.15, 0.2) is 23.5 Å². The number of anilines is 2. The lowest BCUT2D eigenvalue weighted by atomic mass is 10.4. The van der Waals surface area contributed by atoms with Gasteiger partial charge in [0.05, 0.1) is 6.20 Å². The van der Waals surface area contributed by atoms with Crippen molar-refractivity contribution in [1.82, 2.24) is 19.7 Å². The Balaban J connectivity index is 2.20. The van der Waals surface area contributed by atoms with Gasteiger partial charge in [-0.2, -0.15) is 4.68 Å². The number of nitrogens with two attached hydrogens (primary N) is 1. The summed E-state index contributed by atoms with van der Waals surface area (Å²) in [4.78, 5) is 10.1. The second-order valence-corrected chi connectivity index (χ2v) is 6.93. The van der Waals surface area contributed by atoms with E-state index in [1.54, 1.807) is 0 Å². The first-order valence-corrected chi connectivity index (χ1v) is 8.47. The minimum Gasteiger partial charge on any atom is -0.382 e. The van der Waals surface area contributed by atoms with E-state index < -0.39 is 9.84 Å². The van der Waals surface area contributed by atoms with Gasteiger partial charge < -0.3 is 10.6 Å². The van der Waals surface area contributed by atoms with Gasteiger partial charge in [0.25, 0.3) is 0 Å². The van der Waals surface area contributed by atoms with Crippen molar-refractivity contribution in [3.63, 3.8) is 0 Å². The van der Waals surface area contributed by atoms with Crippen LogP contribution in [0.3, 0.4) is 0 Å². The lowest BCUT2D eigenvalue weighted by Crippen LogP contribution is -2.20. The van der Waals surface area contributed by atoms with Crippen LogP contribution < -0.4 is 10.6 Å². The van der Waals surface area contributed by atoms with Gasteiger partial charge in [-0.05, 0) is 12.8 Å². The molecule has 112 valence electrons. The monoisotopic (exact) mass is 308 g/mol. The summed E-state index contributed by atoms with van der Waals surface area (Å²) < 4.78 is 25.5. The van der Waals surface area contributed by atoms with Crippen molar-refractivity contribution >= 4 is 21.5 Å². The molecular formula is C12H16N6O2S. The minimum absolute atomic E-state index is 0.0649. The van der Waals surface area contributed by atoms with E-state index in [2.05, 4.69) is 15.1 Å². The number of sulfone groups is 1. The maximum absolute atomic E-state index is 12.1. The molecule has 8 nitrogen and oxygen atoms in total. The maximum atomic E-state index is 12.1. The van der Waals surface area contributed by atoms with Crippen molar-refractivity contribution in [3.8, 4) is 5.82 Å². The van der Waals surface area contributed by atoms with Gasteiger partial charge in [0.1, 0.15) is 5.82 Å². The molecule has 1 aliphatic rings. The molecule has 1 fully saturated rings. The zero-order valence-corrected chi connectivity index (χ0v) is 12.4. The molecule has 0 aromatic carbocycles. The molecule has 0 unspecified atom stereocenters. The van der Waals surface area contributed by atoms with Gasteiger partial charge in [0, 0.05) is 31.7 Å². The Morgan fingerprint density at radius 1 is 1.24 bits per heavy atom. The zero-order valence-electron chi connectivity index (χ0n) is 11.6. The van der Waals surface area contributed by atoms with E-state index in [-0.39, 0.29) is 10.7 Å². The zero-order chi connectivity index (χ0) is 15.0. The quantitative estimate of drug-likeness (QED) is 0.866. The Labute approximate surface area is 122 Å². The van der Waals surface area contributed by atoms with Crippen molar-refractivity contribution in [1.29, 1.82) is 0 Å². The molecule has 9 heteroatoms. The Kier molecular flexibility index (Phi) is 3.28. The fourth-order valence-corrected chi connectivity index (χ4v) is 3.44. The predicted octanol–water partition coefficient (Wildman–Crippen LogP) is 0.248. The van der Waals surface area contributed by atoms with Crippen molar-refractivity contribution in [3.05, 3.63) is 18.6 Å². The second kappa shape index (κ2) is 4.99. The molecule has 0 radical (unpaired) electrons. The largest absolute Gasteiger partial charge is 0.382 e.